The summed E-state index contributed by atoms with van der Waals surface area (Å²) in [6.07, 6.45) is 3.79. The van der Waals surface area contributed by atoms with E-state index in [9.17, 15) is 0 Å². The molecule has 0 saturated carbocycles. The van der Waals surface area contributed by atoms with Crippen LogP contribution in [-0.4, -0.2) is 30.6 Å². The predicted octanol–water partition coefficient (Wildman–Crippen LogP) is 2.82. The second-order valence-electron chi connectivity index (χ2n) is 5.96. The topological polar surface area (TPSA) is 15.3 Å². The molecule has 0 amide bonds. The van der Waals surface area contributed by atoms with E-state index in [1.165, 1.54) is 30.5 Å². The number of rotatable bonds is 5. The van der Waals surface area contributed by atoms with E-state index >= 15 is 0 Å². The summed E-state index contributed by atoms with van der Waals surface area (Å²) in [4.78, 5) is 2.63. The lowest BCUT2D eigenvalue weighted by atomic mass is 9.99. The average molecular weight is 246 g/mol. The Morgan fingerprint density at radius 2 is 1.94 bits per heavy atom. The molecule has 100 valence electrons. The van der Waals surface area contributed by atoms with Crippen LogP contribution < -0.4 is 5.32 Å². The highest BCUT2D eigenvalue weighted by Gasteiger charge is 2.31. The van der Waals surface area contributed by atoms with Crippen LogP contribution in [0, 0.1) is 0 Å². The number of hydrogen-bond acceptors (Lipinski definition) is 2. The van der Waals surface area contributed by atoms with Gasteiger partial charge in [0.25, 0.3) is 0 Å². The minimum absolute atomic E-state index is 0.371. The molecular formula is C16H26N2. The fourth-order valence-corrected chi connectivity index (χ4v) is 2.88. The van der Waals surface area contributed by atoms with Gasteiger partial charge >= 0.3 is 0 Å². The van der Waals surface area contributed by atoms with Gasteiger partial charge in [0.15, 0.2) is 0 Å². The van der Waals surface area contributed by atoms with E-state index in [0.29, 0.717) is 5.54 Å². The number of likely N-dealkylation sites (tertiary alicyclic amines) is 1. The summed E-state index contributed by atoms with van der Waals surface area (Å²) in [5.41, 5.74) is 3.37. The van der Waals surface area contributed by atoms with Crippen LogP contribution in [0.2, 0.25) is 0 Å². The van der Waals surface area contributed by atoms with E-state index in [1.54, 1.807) is 0 Å². The molecule has 1 aromatic carbocycles. The number of nitrogens with zero attached hydrogens (tertiary/aromatic N) is 1. The van der Waals surface area contributed by atoms with E-state index in [4.69, 9.17) is 0 Å². The molecule has 18 heavy (non-hydrogen) atoms. The molecule has 2 heteroatoms. The first-order valence-corrected chi connectivity index (χ1v) is 7.10. The van der Waals surface area contributed by atoms with Crippen molar-refractivity contribution in [3.8, 4) is 0 Å². The SMILES string of the molecule is CNCCc1ccccc1CN1CCCC1(C)C. The van der Waals surface area contributed by atoms with Gasteiger partial charge in [-0.05, 0) is 64.4 Å². The maximum absolute atomic E-state index is 3.24. The van der Waals surface area contributed by atoms with Gasteiger partial charge in [-0.25, -0.2) is 0 Å². The molecular weight excluding hydrogens is 220 g/mol. The molecule has 0 spiro atoms. The zero-order chi connectivity index (χ0) is 13.0. The second kappa shape index (κ2) is 5.85. The van der Waals surface area contributed by atoms with Gasteiger partial charge in [-0.2, -0.15) is 0 Å². The summed E-state index contributed by atoms with van der Waals surface area (Å²) in [5, 5.41) is 3.24. The standard InChI is InChI=1S/C16H26N2/c1-16(2)10-6-12-18(16)13-15-8-5-4-7-14(15)9-11-17-3/h4-5,7-8,17H,6,9-13H2,1-3H3. The highest BCUT2D eigenvalue weighted by atomic mass is 15.2. The largest absolute Gasteiger partial charge is 0.319 e. The number of hydrogen-bond donors (Lipinski definition) is 1. The lowest BCUT2D eigenvalue weighted by Gasteiger charge is -2.32. The van der Waals surface area contributed by atoms with E-state index in [2.05, 4.69) is 48.3 Å². The molecule has 2 rings (SSSR count). The first kappa shape index (κ1) is 13.6. The summed E-state index contributed by atoms with van der Waals surface area (Å²) < 4.78 is 0. The minimum atomic E-state index is 0.371. The quantitative estimate of drug-likeness (QED) is 0.859. The molecule has 1 aliphatic heterocycles. The van der Waals surface area contributed by atoms with Gasteiger partial charge < -0.3 is 5.32 Å². The van der Waals surface area contributed by atoms with Crippen LogP contribution >= 0.6 is 0 Å². The smallest absolute Gasteiger partial charge is 0.0241 e. The van der Waals surface area contributed by atoms with E-state index in [-0.39, 0.29) is 0 Å². The lowest BCUT2D eigenvalue weighted by Crippen LogP contribution is -2.37. The van der Waals surface area contributed by atoms with Crippen LogP contribution in [0.15, 0.2) is 24.3 Å². The van der Waals surface area contributed by atoms with Gasteiger partial charge in [0.05, 0.1) is 0 Å². The average Bonchev–Trinajstić information content (AvgIpc) is 2.68. The monoisotopic (exact) mass is 246 g/mol. The molecule has 2 nitrogen and oxygen atoms in total. The van der Waals surface area contributed by atoms with Gasteiger partial charge in [-0.15, -0.1) is 0 Å². The Kier molecular flexibility index (Phi) is 4.41. The van der Waals surface area contributed by atoms with Crippen molar-refractivity contribution in [3.05, 3.63) is 35.4 Å². The van der Waals surface area contributed by atoms with Crippen molar-refractivity contribution in [2.24, 2.45) is 0 Å². The third-order valence-corrected chi connectivity index (χ3v) is 4.20. The molecule has 1 fully saturated rings. The third kappa shape index (κ3) is 3.12. The first-order chi connectivity index (χ1) is 8.63. The van der Waals surface area contributed by atoms with E-state index in [1.807, 2.05) is 7.05 Å². The van der Waals surface area contributed by atoms with Crippen molar-refractivity contribution in [3.63, 3.8) is 0 Å². The molecule has 0 radical (unpaired) electrons. The number of nitrogens with one attached hydrogen (secondary N) is 1. The Bertz CT molecular complexity index is 384. The van der Waals surface area contributed by atoms with E-state index < -0.39 is 0 Å². The maximum atomic E-state index is 3.24. The van der Waals surface area contributed by atoms with Crippen LogP contribution in [0.4, 0.5) is 0 Å². The Morgan fingerprint density at radius 1 is 1.22 bits per heavy atom. The highest BCUT2D eigenvalue weighted by molar-refractivity contribution is 5.27. The predicted molar refractivity (Wildman–Crippen MR) is 77.8 cm³/mol. The molecule has 0 aromatic heterocycles. The zero-order valence-corrected chi connectivity index (χ0v) is 12.0. The number of benzene rings is 1. The molecule has 0 unspecified atom stereocenters. The van der Waals surface area contributed by atoms with Gasteiger partial charge in [0.2, 0.25) is 0 Å². The normalized spacial score (nSPS) is 19.3. The zero-order valence-electron chi connectivity index (χ0n) is 12.0. The lowest BCUT2D eigenvalue weighted by molar-refractivity contribution is 0.166. The fraction of sp³-hybridized carbons (Fsp3) is 0.625. The van der Waals surface area contributed by atoms with Gasteiger partial charge in [-0.3, -0.25) is 4.90 Å². The van der Waals surface area contributed by atoms with Gasteiger partial charge in [0, 0.05) is 12.1 Å². The van der Waals surface area contributed by atoms with Crippen molar-refractivity contribution in [2.75, 3.05) is 20.1 Å². The Morgan fingerprint density at radius 3 is 2.56 bits per heavy atom. The summed E-state index contributed by atoms with van der Waals surface area (Å²) in [7, 11) is 2.02. The molecule has 1 N–H and O–H groups in total. The van der Waals surface area contributed by atoms with Crippen molar-refractivity contribution in [2.45, 2.75) is 45.2 Å². The van der Waals surface area contributed by atoms with Crippen LogP contribution in [-0.2, 0) is 13.0 Å². The van der Waals surface area contributed by atoms with Crippen LogP contribution in [0.3, 0.4) is 0 Å². The van der Waals surface area contributed by atoms with Crippen molar-refractivity contribution >= 4 is 0 Å². The Labute approximate surface area is 111 Å². The fourth-order valence-electron chi connectivity index (χ4n) is 2.88. The molecule has 1 aliphatic rings. The first-order valence-electron chi connectivity index (χ1n) is 7.10. The summed E-state index contributed by atoms with van der Waals surface area (Å²) in [6, 6.07) is 8.89. The van der Waals surface area contributed by atoms with Crippen molar-refractivity contribution in [1.29, 1.82) is 0 Å². The Hall–Kier alpha value is -0.860. The molecule has 0 aliphatic carbocycles. The molecule has 0 bridgehead atoms. The molecule has 1 aromatic rings. The van der Waals surface area contributed by atoms with Crippen molar-refractivity contribution in [1.82, 2.24) is 10.2 Å². The second-order valence-corrected chi connectivity index (χ2v) is 5.96. The van der Waals surface area contributed by atoms with Crippen LogP contribution in [0.1, 0.15) is 37.8 Å². The van der Waals surface area contributed by atoms with E-state index in [0.717, 1.165) is 19.5 Å². The van der Waals surface area contributed by atoms with Crippen LogP contribution in [0.25, 0.3) is 0 Å². The van der Waals surface area contributed by atoms with Crippen molar-refractivity contribution < 1.29 is 0 Å². The van der Waals surface area contributed by atoms with Gasteiger partial charge in [0.1, 0.15) is 0 Å². The highest BCUT2D eigenvalue weighted by Crippen LogP contribution is 2.30. The minimum Gasteiger partial charge on any atom is -0.319 e. The van der Waals surface area contributed by atoms with Gasteiger partial charge in [-0.1, -0.05) is 24.3 Å². The third-order valence-electron chi connectivity index (χ3n) is 4.20. The summed E-state index contributed by atoms with van der Waals surface area (Å²) in [5.74, 6) is 0. The van der Waals surface area contributed by atoms with Crippen LogP contribution in [0.5, 0.6) is 0 Å². The molecule has 0 atom stereocenters. The molecule has 1 saturated heterocycles. The molecule has 1 heterocycles. The number of likely N-dealkylation sites (N-methyl/N-ethyl adjacent to an activating group) is 1. The maximum Gasteiger partial charge on any atom is 0.0241 e. The summed E-state index contributed by atoms with van der Waals surface area (Å²) in [6.45, 7) is 8.15. The summed E-state index contributed by atoms with van der Waals surface area (Å²) >= 11 is 0. The Balaban J connectivity index is 2.08.